The molecule has 5 aromatic rings. The largest absolute Gasteiger partial charge is 0.216 e. The maximum Gasteiger partial charge on any atom is 0.182 e. The van der Waals surface area contributed by atoms with Crippen molar-refractivity contribution in [1.29, 1.82) is 0 Å². The lowest BCUT2D eigenvalue weighted by molar-refractivity contribution is 0.627. The summed E-state index contributed by atoms with van der Waals surface area (Å²) in [7, 11) is 0. The number of hydrogen-bond acceptors (Lipinski definition) is 4. The highest BCUT2D eigenvalue weighted by Crippen LogP contribution is 2.23. The van der Waals surface area contributed by atoms with Crippen LogP contribution in [-0.4, -0.2) is 29.4 Å². The Morgan fingerprint density at radius 2 is 1.74 bits per heavy atom. The van der Waals surface area contributed by atoms with Gasteiger partial charge in [-0.2, -0.15) is 5.10 Å². The van der Waals surface area contributed by atoms with E-state index in [-0.39, 0.29) is 5.82 Å². The lowest BCUT2D eigenvalue weighted by atomic mass is 10.1. The van der Waals surface area contributed by atoms with Gasteiger partial charge in [0.05, 0.1) is 17.3 Å². The number of rotatable bonds is 3. The molecule has 0 radical (unpaired) electrons. The van der Waals surface area contributed by atoms with Crippen LogP contribution in [0.4, 0.5) is 4.39 Å². The Kier molecular flexibility index (Phi) is 3.46. The van der Waals surface area contributed by atoms with E-state index in [9.17, 15) is 4.39 Å². The summed E-state index contributed by atoms with van der Waals surface area (Å²) in [5, 5.41) is 9.72. The number of halogens is 1. The van der Waals surface area contributed by atoms with Crippen molar-refractivity contribution in [3.8, 4) is 17.1 Å². The molecular weight excluding hydrogens is 343 g/mol. The molecule has 3 heterocycles. The van der Waals surface area contributed by atoms with Crippen LogP contribution in [0.1, 0.15) is 12.5 Å². The zero-order valence-electron chi connectivity index (χ0n) is 14.5. The molecule has 0 saturated heterocycles. The van der Waals surface area contributed by atoms with Crippen LogP contribution in [0, 0.1) is 5.82 Å². The standard InChI is InChI=1S/C20H15FN6/c1-2-13-3-5-14(6-4-13)18-24-20-17-11-23-27(16-9-7-15(21)8-10-16)19(17)22-12-26(20)25-18/h3-12H,2H2,1H3. The number of hydrogen-bond donors (Lipinski definition) is 0. The first kappa shape index (κ1) is 15.6. The maximum atomic E-state index is 13.2. The van der Waals surface area contributed by atoms with E-state index in [4.69, 9.17) is 0 Å². The third kappa shape index (κ3) is 2.55. The van der Waals surface area contributed by atoms with Crippen LogP contribution in [0.15, 0.2) is 61.1 Å². The van der Waals surface area contributed by atoms with Crippen LogP contribution < -0.4 is 0 Å². The molecule has 6 nitrogen and oxygen atoms in total. The highest BCUT2D eigenvalue weighted by Gasteiger charge is 2.14. The van der Waals surface area contributed by atoms with Gasteiger partial charge in [0.25, 0.3) is 0 Å². The van der Waals surface area contributed by atoms with E-state index < -0.39 is 0 Å². The van der Waals surface area contributed by atoms with Gasteiger partial charge in [-0.3, -0.25) is 0 Å². The van der Waals surface area contributed by atoms with Crippen LogP contribution in [0.5, 0.6) is 0 Å². The number of aromatic nitrogens is 6. The molecule has 27 heavy (non-hydrogen) atoms. The molecule has 0 aliphatic rings. The van der Waals surface area contributed by atoms with Crippen molar-refractivity contribution in [3.63, 3.8) is 0 Å². The fraction of sp³-hybridized carbons (Fsp3) is 0.100. The van der Waals surface area contributed by atoms with E-state index in [1.54, 1.807) is 33.9 Å². The Morgan fingerprint density at radius 1 is 0.963 bits per heavy atom. The molecule has 0 spiro atoms. The zero-order chi connectivity index (χ0) is 18.4. The Bertz CT molecular complexity index is 1250. The SMILES string of the molecule is CCc1ccc(-c2nc3c4cnn(-c5ccc(F)cc5)c4ncn3n2)cc1. The summed E-state index contributed by atoms with van der Waals surface area (Å²) in [4.78, 5) is 9.16. The van der Waals surface area contributed by atoms with E-state index in [1.165, 1.54) is 17.7 Å². The molecule has 0 atom stereocenters. The lowest BCUT2D eigenvalue weighted by Crippen LogP contribution is -1.99. The van der Waals surface area contributed by atoms with Gasteiger partial charge in [0, 0.05) is 5.56 Å². The smallest absolute Gasteiger partial charge is 0.182 e. The van der Waals surface area contributed by atoms with Gasteiger partial charge in [-0.25, -0.2) is 23.6 Å². The van der Waals surface area contributed by atoms with Crippen molar-refractivity contribution in [1.82, 2.24) is 29.4 Å². The molecule has 5 rings (SSSR count). The van der Waals surface area contributed by atoms with Crippen LogP contribution in [0.25, 0.3) is 33.8 Å². The van der Waals surface area contributed by atoms with Gasteiger partial charge in [-0.1, -0.05) is 31.2 Å². The number of nitrogens with zero attached hydrogens (tertiary/aromatic N) is 6. The van der Waals surface area contributed by atoms with Crippen molar-refractivity contribution in [2.75, 3.05) is 0 Å². The Labute approximate surface area is 153 Å². The highest BCUT2D eigenvalue weighted by atomic mass is 19.1. The fourth-order valence-electron chi connectivity index (χ4n) is 3.10. The predicted octanol–water partition coefficient (Wildman–Crippen LogP) is 3.83. The first-order valence-electron chi connectivity index (χ1n) is 8.67. The van der Waals surface area contributed by atoms with Gasteiger partial charge >= 0.3 is 0 Å². The normalized spacial score (nSPS) is 11.5. The van der Waals surface area contributed by atoms with Crippen LogP contribution >= 0.6 is 0 Å². The quantitative estimate of drug-likeness (QED) is 0.492. The maximum absolute atomic E-state index is 13.2. The molecule has 3 aromatic heterocycles. The van der Waals surface area contributed by atoms with Crippen molar-refractivity contribution >= 4 is 16.7 Å². The summed E-state index contributed by atoms with van der Waals surface area (Å²) < 4.78 is 16.5. The van der Waals surface area contributed by atoms with Gasteiger partial charge in [0.1, 0.15) is 12.1 Å². The molecule has 0 fully saturated rings. The predicted molar refractivity (Wildman–Crippen MR) is 100 cm³/mol. The molecule has 2 aromatic carbocycles. The Hall–Kier alpha value is -3.61. The minimum atomic E-state index is -0.290. The Morgan fingerprint density at radius 3 is 2.48 bits per heavy atom. The molecule has 7 heteroatoms. The second-order valence-corrected chi connectivity index (χ2v) is 6.27. The van der Waals surface area contributed by atoms with Gasteiger partial charge in [0.15, 0.2) is 17.1 Å². The van der Waals surface area contributed by atoms with Gasteiger partial charge in [-0.05, 0) is 36.2 Å². The zero-order valence-corrected chi connectivity index (χ0v) is 14.5. The van der Waals surface area contributed by atoms with Crippen LogP contribution in [0.3, 0.4) is 0 Å². The Balaban J connectivity index is 1.64. The first-order chi connectivity index (χ1) is 13.2. The minimum absolute atomic E-state index is 0.290. The van der Waals surface area contributed by atoms with Crippen LogP contribution in [-0.2, 0) is 6.42 Å². The average molecular weight is 358 g/mol. The van der Waals surface area contributed by atoms with E-state index in [2.05, 4.69) is 39.2 Å². The summed E-state index contributed by atoms with van der Waals surface area (Å²) in [5.74, 6) is 0.350. The van der Waals surface area contributed by atoms with E-state index in [0.29, 0.717) is 17.1 Å². The van der Waals surface area contributed by atoms with E-state index in [0.717, 1.165) is 23.1 Å². The number of benzene rings is 2. The molecule has 0 unspecified atom stereocenters. The molecule has 0 saturated carbocycles. The van der Waals surface area contributed by atoms with E-state index in [1.807, 2.05) is 12.1 Å². The molecule has 0 bridgehead atoms. The van der Waals surface area contributed by atoms with Gasteiger partial charge in [0.2, 0.25) is 0 Å². The summed E-state index contributed by atoms with van der Waals surface area (Å²) in [6, 6.07) is 14.4. The fourth-order valence-corrected chi connectivity index (χ4v) is 3.10. The van der Waals surface area contributed by atoms with Gasteiger partial charge < -0.3 is 0 Å². The molecule has 132 valence electrons. The summed E-state index contributed by atoms with van der Waals surface area (Å²) in [5.41, 5.74) is 4.29. The first-order valence-corrected chi connectivity index (χ1v) is 8.67. The van der Waals surface area contributed by atoms with Crippen LogP contribution in [0.2, 0.25) is 0 Å². The molecule has 0 aliphatic carbocycles. The summed E-state index contributed by atoms with van der Waals surface area (Å²) in [6.45, 7) is 2.12. The molecule has 0 amide bonds. The van der Waals surface area contributed by atoms with Crippen molar-refractivity contribution in [3.05, 3.63) is 72.4 Å². The monoisotopic (exact) mass is 358 g/mol. The van der Waals surface area contributed by atoms with E-state index >= 15 is 0 Å². The lowest BCUT2D eigenvalue weighted by Gasteiger charge is -2.02. The average Bonchev–Trinajstić information content (AvgIpc) is 3.32. The minimum Gasteiger partial charge on any atom is -0.216 e. The van der Waals surface area contributed by atoms with Crippen molar-refractivity contribution < 1.29 is 4.39 Å². The topological polar surface area (TPSA) is 60.9 Å². The molecule has 0 aliphatic heterocycles. The highest BCUT2D eigenvalue weighted by molar-refractivity contribution is 5.89. The van der Waals surface area contributed by atoms with Crippen molar-refractivity contribution in [2.45, 2.75) is 13.3 Å². The third-order valence-electron chi connectivity index (χ3n) is 4.60. The summed E-state index contributed by atoms with van der Waals surface area (Å²) in [6.07, 6.45) is 4.32. The summed E-state index contributed by atoms with van der Waals surface area (Å²) >= 11 is 0. The molecular formula is C20H15FN6. The number of fused-ring (bicyclic) bond motifs is 3. The third-order valence-corrected chi connectivity index (χ3v) is 4.60. The molecule has 0 N–H and O–H groups in total. The van der Waals surface area contributed by atoms with Crippen molar-refractivity contribution in [2.24, 2.45) is 0 Å². The second kappa shape index (κ2) is 5.98. The van der Waals surface area contributed by atoms with Gasteiger partial charge in [-0.15, -0.1) is 5.10 Å². The second-order valence-electron chi connectivity index (χ2n) is 6.27. The number of aryl methyl sites for hydroxylation is 1.